The number of hydrogen-bond acceptors (Lipinski definition) is 2. The molecular weight excluding hydrogens is 444 g/mol. The Morgan fingerprint density at radius 1 is 0.361 bits per heavy atom. The Morgan fingerprint density at radius 3 is 0.833 bits per heavy atom. The number of amides is 2. The molecule has 2 N–H and O–H groups in total. The van der Waals surface area contributed by atoms with Gasteiger partial charge in [-0.3, -0.25) is 9.59 Å². The summed E-state index contributed by atoms with van der Waals surface area (Å²) in [5, 5.41) is 5.88. The summed E-state index contributed by atoms with van der Waals surface area (Å²) in [6, 6.07) is 0. The lowest BCUT2D eigenvalue weighted by molar-refractivity contribution is -0.123. The van der Waals surface area contributed by atoms with E-state index in [1.165, 1.54) is 128 Å². The van der Waals surface area contributed by atoms with E-state index in [0.717, 1.165) is 25.7 Å². The molecule has 0 saturated heterocycles. The zero-order valence-electron chi connectivity index (χ0n) is 24.6. The summed E-state index contributed by atoms with van der Waals surface area (Å²) in [7, 11) is 0. The molecule has 0 aromatic carbocycles. The third-order valence-corrected chi connectivity index (χ3v) is 7.28. The molecule has 0 aliphatic heterocycles. The van der Waals surface area contributed by atoms with Crippen LogP contribution in [0.1, 0.15) is 181 Å². The number of hydrogen-bond donors (Lipinski definition) is 2. The van der Waals surface area contributed by atoms with Crippen LogP contribution in [0.15, 0.2) is 0 Å². The summed E-state index contributed by atoms with van der Waals surface area (Å²) in [6.07, 6.45) is 32.7. The fourth-order valence-corrected chi connectivity index (χ4v) is 4.83. The lowest BCUT2D eigenvalue weighted by Gasteiger charge is -2.07. The van der Waals surface area contributed by atoms with Crippen LogP contribution >= 0.6 is 0 Å². The molecule has 0 aliphatic carbocycles. The van der Waals surface area contributed by atoms with Gasteiger partial charge < -0.3 is 10.6 Å². The molecule has 0 saturated carbocycles. The quantitative estimate of drug-likeness (QED) is 0.0988. The smallest absolute Gasteiger partial charge is 0.220 e. The minimum atomic E-state index is 0.122. The minimum absolute atomic E-state index is 0.122. The first-order valence-corrected chi connectivity index (χ1v) is 16.2. The van der Waals surface area contributed by atoms with Gasteiger partial charge in [-0.05, 0) is 12.8 Å². The molecule has 0 rings (SSSR count). The van der Waals surface area contributed by atoms with Crippen molar-refractivity contribution in [3.63, 3.8) is 0 Å². The molecule has 0 heterocycles. The van der Waals surface area contributed by atoms with Crippen molar-refractivity contribution >= 4 is 11.8 Å². The van der Waals surface area contributed by atoms with Crippen LogP contribution in [-0.2, 0) is 9.59 Å². The molecule has 0 aromatic rings. The van der Waals surface area contributed by atoms with Crippen LogP contribution in [0.25, 0.3) is 0 Å². The number of carbonyl (C=O) groups excluding carboxylic acids is 2. The number of unbranched alkanes of at least 4 members (excludes halogenated alkanes) is 22. The van der Waals surface area contributed by atoms with E-state index in [4.69, 9.17) is 0 Å². The van der Waals surface area contributed by atoms with Crippen molar-refractivity contribution < 1.29 is 9.59 Å². The van der Waals surface area contributed by atoms with Crippen molar-refractivity contribution in [2.24, 2.45) is 0 Å². The van der Waals surface area contributed by atoms with E-state index in [2.05, 4.69) is 24.5 Å². The maximum absolute atomic E-state index is 11.9. The summed E-state index contributed by atoms with van der Waals surface area (Å²) in [4.78, 5) is 23.9. The van der Waals surface area contributed by atoms with E-state index in [1.54, 1.807) is 0 Å². The first kappa shape index (κ1) is 34.9. The third-order valence-electron chi connectivity index (χ3n) is 7.28. The molecule has 4 heteroatoms. The van der Waals surface area contributed by atoms with Crippen LogP contribution in [0.4, 0.5) is 0 Å². The van der Waals surface area contributed by atoms with Crippen molar-refractivity contribution in [3.05, 3.63) is 0 Å². The molecule has 0 fully saturated rings. The second-order valence-corrected chi connectivity index (χ2v) is 11.0. The van der Waals surface area contributed by atoms with Gasteiger partial charge in [-0.25, -0.2) is 0 Å². The molecule has 0 aliphatic rings. The van der Waals surface area contributed by atoms with Gasteiger partial charge in [-0.15, -0.1) is 0 Å². The molecule has 36 heavy (non-hydrogen) atoms. The van der Waals surface area contributed by atoms with Gasteiger partial charge in [0.2, 0.25) is 11.8 Å². The molecule has 4 nitrogen and oxygen atoms in total. The average molecular weight is 509 g/mol. The normalized spacial score (nSPS) is 11.1. The van der Waals surface area contributed by atoms with Gasteiger partial charge >= 0.3 is 0 Å². The molecular formula is C32H64N2O2. The Kier molecular flexibility index (Phi) is 29.3. The first-order valence-electron chi connectivity index (χ1n) is 16.2. The fourth-order valence-electron chi connectivity index (χ4n) is 4.83. The summed E-state index contributed by atoms with van der Waals surface area (Å²) < 4.78 is 0. The Bertz CT molecular complexity index is 425. The van der Waals surface area contributed by atoms with E-state index in [9.17, 15) is 9.59 Å². The van der Waals surface area contributed by atoms with E-state index in [-0.39, 0.29) is 11.8 Å². The van der Waals surface area contributed by atoms with E-state index < -0.39 is 0 Å². The highest BCUT2D eigenvalue weighted by Gasteiger charge is 2.03. The summed E-state index contributed by atoms with van der Waals surface area (Å²) >= 11 is 0. The Labute approximate surface area is 225 Å². The summed E-state index contributed by atoms with van der Waals surface area (Å²) in [6.45, 7) is 5.62. The average Bonchev–Trinajstić information content (AvgIpc) is 2.88. The molecule has 0 aromatic heterocycles. The van der Waals surface area contributed by atoms with Crippen LogP contribution in [0, 0.1) is 0 Å². The highest BCUT2D eigenvalue weighted by atomic mass is 16.2. The van der Waals surface area contributed by atoms with Gasteiger partial charge in [0.1, 0.15) is 0 Å². The van der Waals surface area contributed by atoms with Gasteiger partial charge in [0.05, 0.1) is 0 Å². The number of nitrogens with one attached hydrogen (secondary N) is 2. The number of rotatable bonds is 29. The van der Waals surface area contributed by atoms with E-state index in [1.807, 2.05) is 0 Å². The van der Waals surface area contributed by atoms with Crippen LogP contribution in [-0.4, -0.2) is 24.9 Å². The second kappa shape index (κ2) is 30.2. The standard InChI is InChI=1S/C32H64N2O2/c1-3-5-7-9-11-13-15-17-19-21-23-25-27-31(35)33-29-30-34-32(36)28-26-24-22-20-18-16-14-12-10-8-6-4-2/h3-30H2,1-2H3,(H,33,35)(H,34,36). The van der Waals surface area contributed by atoms with Crippen LogP contribution in [0.5, 0.6) is 0 Å². The lowest BCUT2D eigenvalue weighted by atomic mass is 10.0. The minimum Gasteiger partial charge on any atom is -0.354 e. The monoisotopic (exact) mass is 508 g/mol. The Balaban J connectivity index is 3.27. The zero-order chi connectivity index (χ0) is 26.4. The van der Waals surface area contributed by atoms with Gasteiger partial charge in [0, 0.05) is 25.9 Å². The SMILES string of the molecule is CCCCCCCCCCCCCCC(=O)NCCNC(=O)CCCCCCCCCCCCCC. The topological polar surface area (TPSA) is 58.2 Å². The van der Waals surface area contributed by atoms with Crippen LogP contribution < -0.4 is 10.6 Å². The van der Waals surface area contributed by atoms with E-state index in [0.29, 0.717) is 25.9 Å². The maximum Gasteiger partial charge on any atom is 0.220 e. The van der Waals surface area contributed by atoms with Crippen molar-refractivity contribution in [1.29, 1.82) is 0 Å². The second-order valence-electron chi connectivity index (χ2n) is 11.0. The summed E-state index contributed by atoms with van der Waals surface area (Å²) in [5.74, 6) is 0.245. The molecule has 2 amide bonds. The highest BCUT2D eigenvalue weighted by molar-refractivity contribution is 5.77. The largest absolute Gasteiger partial charge is 0.354 e. The van der Waals surface area contributed by atoms with Crippen molar-refractivity contribution in [2.75, 3.05) is 13.1 Å². The van der Waals surface area contributed by atoms with Gasteiger partial charge in [-0.1, -0.05) is 155 Å². The van der Waals surface area contributed by atoms with Crippen LogP contribution in [0.3, 0.4) is 0 Å². The van der Waals surface area contributed by atoms with Crippen molar-refractivity contribution in [2.45, 2.75) is 181 Å². The maximum atomic E-state index is 11.9. The Morgan fingerprint density at radius 2 is 0.583 bits per heavy atom. The lowest BCUT2D eigenvalue weighted by Crippen LogP contribution is -2.34. The molecule has 214 valence electrons. The molecule has 0 atom stereocenters. The van der Waals surface area contributed by atoms with Crippen molar-refractivity contribution in [3.8, 4) is 0 Å². The predicted molar refractivity (Wildman–Crippen MR) is 157 cm³/mol. The number of carbonyl (C=O) groups is 2. The van der Waals surface area contributed by atoms with Gasteiger partial charge in [0.25, 0.3) is 0 Å². The predicted octanol–water partition coefficient (Wildman–Crippen LogP) is 9.40. The van der Waals surface area contributed by atoms with Crippen LogP contribution in [0.2, 0.25) is 0 Å². The van der Waals surface area contributed by atoms with E-state index >= 15 is 0 Å². The molecule has 0 bridgehead atoms. The van der Waals surface area contributed by atoms with Gasteiger partial charge in [0.15, 0.2) is 0 Å². The summed E-state index contributed by atoms with van der Waals surface area (Å²) in [5.41, 5.74) is 0. The zero-order valence-corrected chi connectivity index (χ0v) is 24.6. The van der Waals surface area contributed by atoms with Crippen molar-refractivity contribution in [1.82, 2.24) is 10.6 Å². The fraction of sp³-hybridized carbons (Fsp3) is 0.938. The molecule has 0 spiro atoms. The third kappa shape index (κ3) is 29.2. The highest BCUT2D eigenvalue weighted by Crippen LogP contribution is 2.13. The van der Waals surface area contributed by atoms with Gasteiger partial charge in [-0.2, -0.15) is 0 Å². The molecule has 0 radical (unpaired) electrons. The molecule has 0 unspecified atom stereocenters. The first-order chi connectivity index (χ1) is 17.7. The Hall–Kier alpha value is -1.06.